The Balaban J connectivity index is 1.90. The molecule has 5 heteroatoms. The van der Waals surface area contributed by atoms with Crippen molar-refractivity contribution in [1.29, 1.82) is 0 Å². The molecule has 2 unspecified atom stereocenters. The first-order valence-electron chi connectivity index (χ1n) is 7.16. The van der Waals surface area contributed by atoms with Crippen molar-refractivity contribution in [3.05, 3.63) is 56.8 Å². The Kier molecular flexibility index (Phi) is 3.74. The van der Waals surface area contributed by atoms with Crippen LogP contribution in [0.3, 0.4) is 0 Å². The molecule has 3 rings (SSSR count). The minimum absolute atomic E-state index is 0.191. The number of benzene rings is 1. The number of fused-ring (bicyclic) bond motifs is 1. The summed E-state index contributed by atoms with van der Waals surface area (Å²) < 4.78 is 0. The fraction of sp³-hybridized carbons (Fsp3) is 0.294. The third-order valence-corrected chi connectivity index (χ3v) is 5.23. The Hall–Kier alpha value is -2.14. The lowest BCUT2D eigenvalue weighted by molar-refractivity contribution is -0.142. The van der Waals surface area contributed by atoms with E-state index in [1.165, 1.54) is 11.3 Å². The number of hydrogen-bond acceptors (Lipinski definition) is 3. The Morgan fingerprint density at radius 1 is 1.27 bits per heavy atom. The van der Waals surface area contributed by atoms with E-state index in [1.807, 2.05) is 44.2 Å². The average molecular weight is 315 g/mol. The van der Waals surface area contributed by atoms with Crippen LogP contribution in [0.4, 0.5) is 0 Å². The molecule has 0 bridgehead atoms. The molecule has 0 radical (unpaired) electrons. The zero-order chi connectivity index (χ0) is 15.9. The highest BCUT2D eigenvalue weighted by Crippen LogP contribution is 2.36. The van der Waals surface area contributed by atoms with Crippen molar-refractivity contribution in [3.63, 3.8) is 0 Å². The molecule has 0 spiro atoms. The monoisotopic (exact) mass is 315 g/mol. The lowest BCUT2D eigenvalue weighted by Gasteiger charge is -2.18. The van der Waals surface area contributed by atoms with Gasteiger partial charge in [0.05, 0.1) is 16.8 Å². The SMILES string of the molecule is Cc1cc(C)c(C(=O)NC2c3ccccc3CC2C(=O)O)s1. The summed E-state index contributed by atoms with van der Waals surface area (Å²) >= 11 is 1.44. The summed E-state index contributed by atoms with van der Waals surface area (Å²) in [5.41, 5.74) is 2.84. The van der Waals surface area contributed by atoms with Gasteiger partial charge in [-0.25, -0.2) is 0 Å². The first-order chi connectivity index (χ1) is 10.5. The summed E-state index contributed by atoms with van der Waals surface area (Å²) in [5, 5.41) is 12.4. The standard InChI is InChI=1S/C17H17NO3S/c1-9-7-10(2)22-15(9)16(19)18-14-12-6-4-3-5-11(12)8-13(14)17(20)21/h3-7,13-14H,8H2,1-2H3,(H,18,19)(H,20,21). The van der Waals surface area contributed by atoms with Gasteiger partial charge < -0.3 is 10.4 Å². The van der Waals surface area contributed by atoms with Gasteiger partial charge in [-0.3, -0.25) is 9.59 Å². The average Bonchev–Trinajstić information content (AvgIpc) is 3.00. The molecule has 1 aliphatic rings. The van der Waals surface area contributed by atoms with Crippen LogP contribution in [0.2, 0.25) is 0 Å². The molecule has 1 aromatic carbocycles. The summed E-state index contributed by atoms with van der Waals surface area (Å²) in [6.07, 6.45) is 0.457. The zero-order valence-corrected chi connectivity index (χ0v) is 13.2. The molecule has 1 amide bonds. The van der Waals surface area contributed by atoms with Gasteiger partial charge in [0.1, 0.15) is 0 Å². The second-order valence-corrected chi connectivity index (χ2v) is 6.92. The highest BCUT2D eigenvalue weighted by molar-refractivity contribution is 7.14. The number of carbonyl (C=O) groups excluding carboxylic acids is 1. The maximum atomic E-state index is 12.5. The number of thiophene rings is 1. The van der Waals surface area contributed by atoms with Gasteiger partial charge in [0, 0.05) is 4.88 Å². The largest absolute Gasteiger partial charge is 0.481 e. The number of aryl methyl sites for hydroxylation is 2. The van der Waals surface area contributed by atoms with Crippen molar-refractivity contribution in [2.45, 2.75) is 26.3 Å². The van der Waals surface area contributed by atoms with E-state index in [-0.39, 0.29) is 5.91 Å². The van der Waals surface area contributed by atoms with Crippen LogP contribution in [-0.4, -0.2) is 17.0 Å². The molecule has 2 N–H and O–H groups in total. The first-order valence-corrected chi connectivity index (χ1v) is 7.97. The Labute approximate surface area is 132 Å². The number of amides is 1. The summed E-state index contributed by atoms with van der Waals surface area (Å²) in [7, 11) is 0. The fourth-order valence-corrected chi connectivity index (χ4v) is 4.01. The van der Waals surface area contributed by atoms with Gasteiger partial charge in [0.15, 0.2) is 0 Å². The second kappa shape index (κ2) is 5.57. The quantitative estimate of drug-likeness (QED) is 0.914. The lowest BCUT2D eigenvalue weighted by atomic mass is 10.0. The van der Waals surface area contributed by atoms with Gasteiger partial charge in [-0.05, 0) is 43.0 Å². The van der Waals surface area contributed by atoms with Gasteiger partial charge >= 0.3 is 5.97 Å². The van der Waals surface area contributed by atoms with Crippen LogP contribution in [0.15, 0.2) is 30.3 Å². The van der Waals surface area contributed by atoms with Crippen LogP contribution in [0, 0.1) is 19.8 Å². The molecular weight excluding hydrogens is 298 g/mol. The van der Waals surface area contributed by atoms with Gasteiger partial charge in [0.2, 0.25) is 0 Å². The molecule has 4 nitrogen and oxygen atoms in total. The van der Waals surface area contributed by atoms with Crippen molar-refractivity contribution >= 4 is 23.2 Å². The van der Waals surface area contributed by atoms with E-state index >= 15 is 0 Å². The fourth-order valence-electron chi connectivity index (χ4n) is 3.08. The number of hydrogen-bond donors (Lipinski definition) is 2. The number of carbonyl (C=O) groups is 2. The Morgan fingerprint density at radius 2 is 2.00 bits per heavy atom. The van der Waals surface area contributed by atoms with Crippen LogP contribution >= 0.6 is 11.3 Å². The van der Waals surface area contributed by atoms with Gasteiger partial charge in [-0.15, -0.1) is 11.3 Å². The smallest absolute Gasteiger partial charge is 0.309 e. The third-order valence-electron chi connectivity index (χ3n) is 4.08. The molecule has 0 saturated heterocycles. The van der Waals surface area contributed by atoms with Crippen LogP contribution in [0.25, 0.3) is 0 Å². The van der Waals surface area contributed by atoms with Crippen LogP contribution in [0.5, 0.6) is 0 Å². The molecule has 0 saturated carbocycles. The van der Waals surface area contributed by atoms with Crippen molar-refractivity contribution < 1.29 is 14.7 Å². The molecule has 114 valence electrons. The van der Waals surface area contributed by atoms with E-state index < -0.39 is 17.9 Å². The topological polar surface area (TPSA) is 66.4 Å². The lowest BCUT2D eigenvalue weighted by Crippen LogP contribution is -2.34. The molecule has 1 aromatic heterocycles. The second-order valence-electron chi connectivity index (χ2n) is 5.67. The summed E-state index contributed by atoms with van der Waals surface area (Å²) in [5.74, 6) is -1.67. The molecule has 0 fully saturated rings. The zero-order valence-electron chi connectivity index (χ0n) is 12.4. The van der Waals surface area contributed by atoms with Crippen LogP contribution in [0.1, 0.15) is 37.3 Å². The van der Waals surface area contributed by atoms with Crippen molar-refractivity contribution in [2.24, 2.45) is 5.92 Å². The van der Waals surface area contributed by atoms with Crippen molar-refractivity contribution in [2.75, 3.05) is 0 Å². The van der Waals surface area contributed by atoms with E-state index in [4.69, 9.17) is 0 Å². The molecule has 0 aliphatic heterocycles. The van der Waals surface area contributed by atoms with Crippen molar-refractivity contribution in [1.82, 2.24) is 5.32 Å². The molecular formula is C17H17NO3S. The Bertz CT molecular complexity index is 750. The Morgan fingerprint density at radius 3 is 2.64 bits per heavy atom. The van der Waals surface area contributed by atoms with Crippen LogP contribution in [-0.2, 0) is 11.2 Å². The van der Waals surface area contributed by atoms with E-state index in [0.717, 1.165) is 21.6 Å². The normalized spacial score (nSPS) is 19.7. The van der Waals surface area contributed by atoms with E-state index in [0.29, 0.717) is 11.3 Å². The number of carboxylic acid groups (broad SMARTS) is 1. The van der Waals surface area contributed by atoms with Gasteiger partial charge in [0.25, 0.3) is 5.91 Å². The number of carboxylic acids is 1. The summed E-state index contributed by atoms with van der Waals surface area (Å²) in [6.45, 7) is 3.86. The van der Waals surface area contributed by atoms with Gasteiger partial charge in [-0.2, -0.15) is 0 Å². The van der Waals surface area contributed by atoms with E-state index in [1.54, 1.807) is 0 Å². The first kappa shape index (κ1) is 14.8. The van der Waals surface area contributed by atoms with Crippen molar-refractivity contribution in [3.8, 4) is 0 Å². The van der Waals surface area contributed by atoms with E-state index in [2.05, 4.69) is 5.32 Å². The summed E-state index contributed by atoms with van der Waals surface area (Å²) in [4.78, 5) is 25.8. The number of aliphatic carboxylic acids is 1. The predicted octanol–water partition coefficient (Wildman–Crippen LogP) is 3.09. The molecule has 1 heterocycles. The van der Waals surface area contributed by atoms with Crippen LogP contribution < -0.4 is 5.32 Å². The molecule has 2 aromatic rings. The maximum Gasteiger partial charge on any atom is 0.309 e. The third kappa shape index (κ3) is 2.52. The minimum Gasteiger partial charge on any atom is -0.481 e. The molecule has 2 atom stereocenters. The van der Waals surface area contributed by atoms with E-state index in [9.17, 15) is 14.7 Å². The molecule has 1 aliphatic carbocycles. The number of nitrogens with one attached hydrogen (secondary N) is 1. The molecule has 22 heavy (non-hydrogen) atoms. The number of rotatable bonds is 3. The maximum absolute atomic E-state index is 12.5. The summed E-state index contributed by atoms with van der Waals surface area (Å²) in [6, 6.07) is 9.10. The highest BCUT2D eigenvalue weighted by atomic mass is 32.1. The highest BCUT2D eigenvalue weighted by Gasteiger charge is 2.38. The van der Waals surface area contributed by atoms with Gasteiger partial charge in [-0.1, -0.05) is 24.3 Å². The minimum atomic E-state index is -0.874. The predicted molar refractivity (Wildman–Crippen MR) is 85.3 cm³/mol.